The largest absolute Gasteiger partial charge is 0.489 e. The van der Waals surface area contributed by atoms with E-state index in [1.54, 1.807) is 48.5 Å². The average molecular weight is 352 g/mol. The van der Waals surface area contributed by atoms with Crippen LogP contribution in [0, 0.1) is 0 Å². The van der Waals surface area contributed by atoms with Gasteiger partial charge in [0.25, 0.3) is 5.91 Å². The molecule has 120 valence electrons. The minimum absolute atomic E-state index is 0.168. The minimum atomic E-state index is -0.308. The summed E-state index contributed by atoms with van der Waals surface area (Å²) in [6.45, 7) is 3.81. The van der Waals surface area contributed by atoms with Gasteiger partial charge in [0.1, 0.15) is 18.1 Å². The summed E-state index contributed by atoms with van der Waals surface area (Å²) in [5.74, 6) is 0.732. The smallest absolute Gasteiger partial charge is 0.262 e. The lowest BCUT2D eigenvalue weighted by Crippen LogP contribution is -2.20. The van der Waals surface area contributed by atoms with E-state index < -0.39 is 0 Å². The van der Waals surface area contributed by atoms with Gasteiger partial charge in [-0.05, 0) is 30.3 Å². The zero-order valence-electron chi connectivity index (χ0n) is 12.2. The Morgan fingerprint density at radius 2 is 2.00 bits per heavy atom. The van der Waals surface area contributed by atoms with Gasteiger partial charge in [0, 0.05) is 16.8 Å². The molecule has 0 aliphatic heterocycles. The number of rotatable bonds is 7. The highest BCUT2D eigenvalue weighted by atomic mass is 35.5. The van der Waals surface area contributed by atoms with E-state index in [0.29, 0.717) is 33.8 Å². The van der Waals surface area contributed by atoms with Crippen LogP contribution in [0.25, 0.3) is 0 Å². The van der Waals surface area contributed by atoms with E-state index >= 15 is 0 Å². The van der Waals surface area contributed by atoms with Crippen molar-refractivity contribution < 1.29 is 14.3 Å². The van der Waals surface area contributed by atoms with Crippen LogP contribution in [0.15, 0.2) is 55.1 Å². The summed E-state index contributed by atoms with van der Waals surface area (Å²) < 4.78 is 10.8. The lowest BCUT2D eigenvalue weighted by Gasteiger charge is -2.10. The molecule has 0 heterocycles. The zero-order valence-corrected chi connectivity index (χ0v) is 13.7. The van der Waals surface area contributed by atoms with Crippen LogP contribution < -0.4 is 14.8 Å². The first-order valence-corrected chi connectivity index (χ1v) is 7.55. The van der Waals surface area contributed by atoms with Gasteiger partial charge < -0.3 is 14.8 Å². The van der Waals surface area contributed by atoms with E-state index in [9.17, 15) is 4.79 Å². The summed E-state index contributed by atoms with van der Waals surface area (Å²) in [4.78, 5) is 11.9. The van der Waals surface area contributed by atoms with Crippen LogP contribution in [-0.2, 0) is 4.79 Å². The van der Waals surface area contributed by atoms with Crippen LogP contribution in [0.1, 0.15) is 0 Å². The minimum Gasteiger partial charge on any atom is -0.489 e. The molecule has 2 aromatic rings. The summed E-state index contributed by atoms with van der Waals surface area (Å²) in [7, 11) is 0. The van der Waals surface area contributed by atoms with Gasteiger partial charge in [0.05, 0.1) is 5.02 Å². The van der Waals surface area contributed by atoms with Gasteiger partial charge in [-0.2, -0.15) is 0 Å². The van der Waals surface area contributed by atoms with Crippen molar-refractivity contribution in [3.63, 3.8) is 0 Å². The van der Waals surface area contributed by atoms with Gasteiger partial charge in [-0.15, -0.1) is 0 Å². The molecule has 0 atom stereocenters. The van der Waals surface area contributed by atoms with Crippen molar-refractivity contribution in [2.24, 2.45) is 0 Å². The molecule has 1 N–H and O–H groups in total. The number of carbonyl (C=O) groups is 1. The quantitative estimate of drug-likeness (QED) is 0.743. The molecule has 0 aliphatic rings. The Bertz CT molecular complexity index is 704. The lowest BCUT2D eigenvalue weighted by molar-refractivity contribution is -0.118. The van der Waals surface area contributed by atoms with Gasteiger partial charge >= 0.3 is 0 Å². The molecule has 6 heteroatoms. The van der Waals surface area contributed by atoms with Gasteiger partial charge in [-0.3, -0.25) is 4.79 Å². The Balaban J connectivity index is 1.90. The van der Waals surface area contributed by atoms with Gasteiger partial charge in [-0.25, -0.2) is 0 Å². The van der Waals surface area contributed by atoms with E-state index in [-0.39, 0.29) is 12.5 Å². The van der Waals surface area contributed by atoms with E-state index in [4.69, 9.17) is 32.7 Å². The molecule has 0 saturated carbocycles. The maximum atomic E-state index is 11.9. The molecule has 0 unspecified atom stereocenters. The van der Waals surface area contributed by atoms with E-state index in [1.165, 1.54) is 0 Å². The molecule has 0 aromatic heterocycles. The summed E-state index contributed by atoms with van der Waals surface area (Å²) in [5.41, 5.74) is 0.613. The number of ether oxygens (including phenoxy) is 2. The van der Waals surface area contributed by atoms with Crippen molar-refractivity contribution in [1.82, 2.24) is 0 Å². The molecule has 0 spiro atoms. The van der Waals surface area contributed by atoms with Gasteiger partial charge in [0.15, 0.2) is 6.61 Å². The highest BCUT2D eigenvalue weighted by molar-refractivity contribution is 6.35. The number of amides is 1. The summed E-state index contributed by atoms with van der Waals surface area (Å²) in [5, 5.41) is 3.58. The fraction of sp³-hybridized carbons (Fsp3) is 0.118. The Labute approximate surface area is 144 Å². The number of anilines is 1. The Morgan fingerprint density at radius 1 is 1.17 bits per heavy atom. The third-order valence-electron chi connectivity index (χ3n) is 2.74. The Morgan fingerprint density at radius 3 is 2.74 bits per heavy atom. The molecule has 2 aromatic carbocycles. The first-order chi connectivity index (χ1) is 11.1. The van der Waals surface area contributed by atoms with Crippen molar-refractivity contribution in [3.8, 4) is 11.5 Å². The SMILES string of the molecule is C=CCOc1cccc(NC(=O)COc2ccc(Cl)cc2Cl)c1. The standard InChI is InChI=1S/C17H15Cl2NO3/c1-2-8-22-14-5-3-4-13(10-14)20-17(21)11-23-16-7-6-12(18)9-15(16)19/h2-7,9-10H,1,8,11H2,(H,20,21). The second-order valence-electron chi connectivity index (χ2n) is 4.54. The number of halogens is 2. The average Bonchev–Trinajstić information content (AvgIpc) is 2.52. The highest BCUT2D eigenvalue weighted by Crippen LogP contribution is 2.27. The monoisotopic (exact) mass is 351 g/mol. The molecule has 0 bridgehead atoms. The molecule has 0 radical (unpaired) electrons. The number of nitrogens with one attached hydrogen (secondary N) is 1. The topological polar surface area (TPSA) is 47.6 Å². The van der Waals surface area contributed by atoms with Gasteiger partial charge in [-0.1, -0.05) is 41.9 Å². The predicted molar refractivity (Wildman–Crippen MR) is 92.7 cm³/mol. The fourth-order valence-corrected chi connectivity index (χ4v) is 2.21. The Hall–Kier alpha value is -2.17. The molecule has 0 saturated heterocycles. The third kappa shape index (κ3) is 5.51. The lowest BCUT2D eigenvalue weighted by atomic mass is 10.3. The van der Waals surface area contributed by atoms with Crippen LogP contribution in [0.5, 0.6) is 11.5 Å². The zero-order chi connectivity index (χ0) is 16.7. The van der Waals surface area contributed by atoms with E-state index in [2.05, 4.69) is 11.9 Å². The third-order valence-corrected chi connectivity index (χ3v) is 3.27. The van der Waals surface area contributed by atoms with Crippen molar-refractivity contribution in [1.29, 1.82) is 0 Å². The molecule has 0 aliphatic carbocycles. The second kappa shape index (κ2) is 8.46. The molecular formula is C17H15Cl2NO3. The predicted octanol–water partition coefficient (Wildman–Crippen LogP) is 4.58. The summed E-state index contributed by atoms with van der Waals surface area (Å²) in [6.07, 6.45) is 1.65. The van der Waals surface area contributed by atoms with Crippen molar-refractivity contribution >= 4 is 34.8 Å². The highest BCUT2D eigenvalue weighted by Gasteiger charge is 2.07. The van der Waals surface area contributed by atoms with Crippen LogP contribution in [0.3, 0.4) is 0 Å². The molecule has 1 amide bonds. The summed E-state index contributed by atoms with van der Waals surface area (Å²) in [6, 6.07) is 11.9. The fourth-order valence-electron chi connectivity index (χ4n) is 1.75. The van der Waals surface area contributed by atoms with Crippen LogP contribution in [0.2, 0.25) is 10.0 Å². The van der Waals surface area contributed by atoms with Crippen LogP contribution in [0.4, 0.5) is 5.69 Å². The summed E-state index contributed by atoms with van der Waals surface area (Å²) >= 11 is 11.8. The van der Waals surface area contributed by atoms with Gasteiger partial charge in [0.2, 0.25) is 0 Å². The van der Waals surface area contributed by atoms with Crippen LogP contribution >= 0.6 is 23.2 Å². The number of carbonyl (C=O) groups excluding carboxylic acids is 1. The van der Waals surface area contributed by atoms with Crippen molar-refractivity contribution in [2.45, 2.75) is 0 Å². The van der Waals surface area contributed by atoms with Crippen LogP contribution in [-0.4, -0.2) is 19.1 Å². The van der Waals surface area contributed by atoms with E-state index in [1.807, 2.05) is 0 Å². The molecule has 0 fully saturated rings. The van der Waals surface area contributed by atoms with E-state index in [0.717, 1.165) is 0 Å². The molecular weight excluding hydrogens is 337 g/mol. The number of benzene rings is 2. The normalized spacial score (nSPS) is 10.0. The second-order valence-corrected chi connectivity index (χ2v) is 5.38. The number of hydrogen-bond acceptors (Lipinski definition) is 3. The Kier molecular flexibility index (Phi) is 6.32. The van der Waals surface area contributed by atoms with Crippen molar-refractivity contribution in [3.05, 3.63) is 65.2 Å². The maximum absolute atomic E-state index is 11.9. The maximum Gasteiger partial charge on any atom is 0.262 e. The molecule has 2 rings (SSSR count). The number of hydrogen-bond donors (Lipinski definition) is 1. The van der Waals surface area contributed by atoms with Crippen molar-refractivity contribution in [2.75, 3.05) is 18.5 Å². The molecule has 4 nitrogen and oxygen atoms in total. The molecule has 23 heavy (non-hydrogen) atoms. The first-order valence-electron chi connectivity index (χ1n) is 6.80. The first kappa shape index (κ1) is 17.2.